The predicted octanol–water partition coefficient (Wildman–Crippen LogP) is 3.46. The van der Waals surface area contributed by atoms with Gasteiger partial charge in [0.05, 0.1) is 16.7 Å². The molecule has 200 valence electrons. The number of ether oxygens (including phenoxy) is 1. The van der Waals surface area contributed by atoms with Crippen molar-refractivity contribution in [3.8, 4) is 0 Å². The summed E-state index contributed by atoms with van der Waals surface area (Å²) in [7, 11) is -3.70. The molecule has 1 aliphatic rings. The summed E-state index contributed by atoms with van der Waals surface area (Å²) in [5, 5.41) is 3.98. The van der Waals surface area contributed by atoms with E-state index in [4.69, 9.17) is 4.74 Å². The molecular formula is C28H29FN2O6S. The van der Waals surface area contributed by atoms with Crippen LogP contribution >= 0.6 is 0 Å². The molecule has 3 aromatic rings. The Kier molecular flexibility index (Phi) is 7.78. The topological polar surface area (TPSA) is 110 Å². The van der Waals surface area contributed by atoms with E-state index in [1.165, 1.54) is 52.8 Å². The van der Waals surface area contributed by atoms with Crippen molar-refractivity contribution in [2.45, 2.75) is 32.1 Å². The fourth-order valence-electron chi connectivity index (χ4n) is 4.11. The van der Waals surface area contributed by atoms with Crippen LogP contribution in [-0.2, 0) is 30.8 Å². The minimum absolute atomic E-state index is 0.0758. The van der Waals surface area contributed by atoms with E-state index >= 15 is 0 Å². The van der Waals surface area contributed by atoms with Gasteiger partial charge in [0.1, 0.15) is 5.82 Å². The number of benzene rings is 3. The summed E-state index contributed by atoms with van der Waals surface area (Å²) in [6.07, 6.45) is -0.267. The van der Waals surface area contributed by atoms with Crippen LogP contribution in [0, 0.1) is 11.2 Å². The number of fused-ring (bicyclic) bond motifs is 1. The number of nitrogens with zero attached hydrogens (tertiary/aromatic N) is 1. The number of carbonyl (C=O) groups excluding carboxylic acids is 3. The number of hydrogen-bond acceptors (Lipinski definition) is 7. The van der Waals surface area contributed by atoms with Crippen LogP contribution in [0.2, 0.25) is 0 Å². The van der Waals surface area contributed by atoms with Crippen molar-refractivity contribution in [3.63, 3.8) is 0 Å². The third kappa shape index (κ3) is 5.98. The molecule has 10 heteroatoms. The Bertz CT molecular complexity index is 1500. The normalized spacial score (nSPS) is 14.8. The largest absolute Gasteiger partial charge is 0.393 e. The minimum Gasteiger partial charge on any atom is -0.393 e. The average molecular weight is 541 g/mol. The second-order valence-electron chi connectivity index (χ2n) is 10.2. The van der Waals surface area contributed by atoms with Gasteiger partial charge in [-0.2, -0.15) is 4.31 Å². The van der Waals surface area contributed by atoms with E-state index in [1.807, 2.05) is 0 Å². The van der Waals surface area contributed by atoms with Gasteiger partial charge in [0.15, 0.2) is 5.78 Å². The summed E-state index contributed by atoms with van der Waals surface area (Å²) >= 11 is 0. The van der Waals surface area contributed by atoms with Crippen molar-refractivity contribution < 1.29 is 31.9 Å². The van der Waals surface area contributed by atoms with E-state index in [-0.39, 0.29) is 22.4 Å². The maximum atomic E-state index is 14.1. The van der Waals surface area contributed by atoms with Gasteiger partial charge >= 0.3 is 11.9 Å². The number of halogens is 1. The molecule has 0 saturated carbocycles. The van der Waals surface area contributed by atoms with Gasteiger partial charge in [-0.3, -0.25) is 14.4 Å². The maximum absolute atomic E-state index is 14.1. The fraction of sp³-hybridized carbons (Fsp3) is 0.321. The molecular weight excluding hydrogens is 511 g/mol. The Morgan fingerprint density at radius 2 is 1.63 bits per heavy atom. The second-order valence-corrected chi connectivity index (χ2v) is 12.1. The van der Waals surface area contributed by atoms with Crippen molar-refractivity contribution in [1.82, 2.24) is 9.62 Å². The van der Waals surface area contributed by atoms with Gasteiger partial charge in [-0.25, -0.2) is 12.8 Å². The number of piperazine rings is 1. The Morgan fingerprint density at radius 1 is 0.974 bits per heavy atom. The lowest BCUT2D eigenvalue weighted by Gasteiger charge is -2.26. The highest BCUT2D eigenvalue weighted by Gasteiger charge is 2.27. The Labute approximate surface area is 220 Å². The van der Waals surface area contributed by atoms with Crippen LogP contribution in [-0.4, -0.2) is 56.6 Å². The SMILES string of the molecule is CC(C)(C)C(=O)OC(=O)Cc1cc(C(=O)c2ccc(S(=O)(=O)N3CCNCC3)cc2)c2cc(F)ccc2c1. The molecule has 0 atom stereocenters. The molecule has 0 aromatic heterocycles. The van der Waals surface area contributed by atoms with Gasteiger partial charge < -0.3 is 10.1 Å². The number of hydrogen-bond donors (Lipinski definition) is 1. The van der Waals surface area contributed by atoms with E-state index in [1.54, 1.807) is 26.8 Å². The molecule has 4 rings (SSSR count). The predicted molar refractivity (Wildman–Crippen MR) is 140 cm³/mol. The van der Waals surface area contributed by atoms with Crippen molar-refractivity contribution in [1.29, 1.82) is 0 Å². The third-order valence-electron chi connectivity index (χ3n) is 6.22. The van der Waals surface area contributed by atoms with Gasteiger partial charge in [-0.1, -0.05) is 12.1 Å². The Morgan fingerprint density at radius 3 is 2.26 bits per heavy atom. The summed E-state index contributed by atoms with van der Waals surface area (Å²) in [4.78, 5) is 38.1. The molecule has 1 aliphatic heterocycles. The minimum atomic E-state index is -3.70. The van der Waals surface area contributed by atoms with Crippen LogP contribution in [0.3, 0.4) is 0 Å². The number of sulfonamides is 1. The van der Waals surface area contributed by atoms with Crippen molar-refractivity contribution in [3.05, 3.63) is 77.1 Å². The van der Waals surface area contributed by atoms with Gasteiger partial charge in [-0.05, 0) is 79.6 Å². The first-order valence-corrected chi connectivity index (χ1v) is 13.6. The molecule has 0 spiro atoms. The molecule has 1 heterocycles. The number of nitrogens with one attached hydrogen (secondary N) is 1. The molecule has 0 radical (unpaired) electrons. The lowest BCUT2D eigenvalue weighted by atomic mass is 9.94. The summed E-state index contributed by atoms with van der Waals surface area (Å²) in [6, 6.07) is 12.7. The van der Waals surface area contributed by atoms with E-state index < -0.39 is 39.0 Å². The van der Waals surface area contributed by atoms with Gasteiger partial charge in [0.2, 0.25) is 10.0 Å². The smallest absolute Gasteiger partial charge is 0.318 e. The van der Waals surface area contributed by atoms with Gasteiger partial charge in [0, 0.05) is 37.3 Å². The van der Waals surface area contributed by atoms with E-state index in [2.05, 4.69) is 5.32 Å². The van der Waals surface area contributed by atoms with Crippen LogP contribution in [0.25, 0.3) is 10.8 Å². The molecule has 38 heavy (non-hydrogen) atoms. The summed E-state index contributed by atoms with van der Waals surface area (Å²) < 4.78 is 46.3. The number of carbonyl (C=O) groups is 3. The molecule has 1 saturated heterocycles. The number of ketones is 1. The van der Waals surface area contributed by atoms with E-state index in [0.717, 1.165) is 0 Å². The number of rotatable bonds is 6. The summed E-state index contributed by atoms with van der Waals surface area (Å²) in [5.74, 6) is -2.44. The summed E-state index contributed by atoms with van der Waals surface area (Å²) in [5.41, 5.74) is -0.0958. The first-order valence-electron chi connectivity index (χ1n) is 12.2. The van der Waals surface area contributed by atoms with Crippen molar-refractivity contribution >= 4 is 38.5 Å². The van der Waals surface area contributed by atoms with Crippen molar-refractivity contribution in [2.75, 3.05) is 26.2 Å². The standard InChI is InChI=1S/C28H29FN2O6S/c1-28(2,3)27(34)37-25(32)16-18-14-20-4-7-21(29)17-23(20)24(15-18)26(33)19-5-8-22(9-6-19)38(35,36)31-12-10-30-11-13-31/h4-9,14-15,17,30H,10-13,16H2,1-3H3. The summed E-state index contributed by atoms with van der Waals surface area (Å²) in [6.45, 7) is 6.73. The molecule has 0 amide bonds. The van der Waals surface area contributed by atoms with Crippen LogP contribution in [0.15, 0.2) is 59.5 Å². The monoisotopic (exact) mass is 540 g/mol. The van der Waals surface area contributed by atoms with Gasteiger partial charge in [0.25, 0.3) is 0 Å². The fourth-order valence-corrected chi connectivity index (χ4v) is 5.55. The highest BCUT2D eigenvalue weighted by molar-refractivity contribution is 7.89. The average Bonchev–Trinajstić information content (AvgIpc) is 2.88. The van der Waals surface area contributed by atoms with Crippen molar-refractivity contribution in [2.24, 2.45) is 5.41 Å². The molecule has 1 fully saturated rings. The lowest BCUT2D eigenvalue weighted by molar-refractivity contribution is -0.165. The molecule has 1 N–H and O–H groups in total. The maximum Gasteiger partial charge on any atom is 0.318 e. The first kappa shape index (κ1) is 27.6. The third-order valence-corrected chi connectivity index (χ3v) is 8.13. The zero-order chi connectivity index (χ0) is 27.7. The first-order chi connectivity index (χ1) is 17.9. The molecule has 0 aliphatic carbocycles. The van der Waals surface area contributed by atoms with Crippen LogP contribution in [0.4, 0.5) is 4.39 Å². The lowest BCUT2D eigenvalue weighted by Crippen LogP contribution is -2.46. The van der Waals surface area contributed by atoms with Crippen LogP contribution < -0.4 is 5.32 Å². The van der Waals surface area contributed by atoms with Gasteiger partial charge in [-0.15, -0.1) is 0 Å². The Hall–Kier alpha value is -3.47. The second kappa shape index (κ2) is 10.7. The van der Waals surface area contributed by atoms with E-state index in [9.17, 15) is 27.2 Å². The molecule has 0 bridgehead atoms. The van der Waals surface area contributed by atoms with E-state index in [0.29, 0.717) is 42.5 Å². The zero-order valence-corrected chi connectivity index (χ0v) is 22.2. The number of esters is 2. The quantitative estimate of drug-likeness (QED) is 0.290. The zero-order valence-electron chi connectivity index (χ0n) is 21.4. The molecule has 0 unspecified atom stereocenters. The molecule has 3 aromatic carbocycles. The Balaban J connectivity index is 1.65. The highest BCUT2D eigenvalue weighted by Crippen LogP contribution is 2.27. The van der Waals surface area contributed by atoms with Crippen LogP contribution in [0.5, 0.6) is 0 Å². The molecule has 8 nitrogen and oxygen atoms in total. The van der Waals surface area contributed by atoms with Crippen LogP contribution in [0.1, 0.15) is 42.3 Å². The highest BCUT2D eigenvalue weighted by atomic mass is 32.2.